The van der Waals surface area contributed by atoms with Gasteiger partial charge in [-0.3, -0.25) is 4.99 Å². The summed E-state index contributed by atoms with van der Waals surface area (Å²) in [6.07, 6.45) is 1.91. The molecule has 0 aromatic carbocycles. The number of hydrogen-bond donors (Lipinski definition) is 3. The first-order chi connectivity index (χ1) is 20.2. The number of anilines is 1. The maximum atomic E-state index is 10.6. The van der Waals surface area contributed by atoms with E-state index in [1.165, 1.54) is 44.2 Å². The number of nitrogens with one attached hydrogen (secondary N) is 1. The Balaban J connectivity index is 0.000000303. The number of piperidine rings is 1. The van der Waals surface area contributed by atoms with Crippen molar-refractivity contribution in [3.8, 4) is 0 Å². The van der Waals surface area contributed by atoms with Crippen molar-refractivity contribution in [3.63, 3.8) is 0 Å². The SMILES string of the molecule is Cn1nc(C2=CCC(CC3CCNCC3)=N2)c2ccc(N3CCCCCC3)nc21.O=C(O)C(F)(F)F.O=C(O)C(F)(F)F. The number of carbonyl (C=O) groups is 2. The number of halogens is 6. The lowest BCUT2D eigenvalue weighted by Crippen LogP contribution is -2.28. The summed E-state index contributed by atoms with van der Waals surface area (Å²) in [6.45, 7) is 4.51. The molecule has 3 N–H and O–H groups in total. The quantitative estimate of drug-likeness (QED) is 0.398. The minimum absolute atomic E-state index is 0.779. The first-order valence-corrected chi connectivity index (χ1v) is 13.8. The van der Waals surface area contributed by atoms with Crippen LogP contribution in [-0.4, -0.2) is 81.2 Å². The van der Waals surface area contributed by atoms with Crippen LogP contribution < -0.4 is 10.2 Å². The minimum Gasteiger partial charge on any atom is -0.475 e. The molecule has 0 aliphatic carbocycles. The zero-order chi connectivity index (χ0) is 31.8. The average molecular weight is 621 g/mol. The lowest BCUT2D eigenvalue weighted by atomic mass is 9.92. The smallest absolute Gasteiger partial charge is 0.475 e. The third-order valence-corrected chi connectivity index (χ3v) is 7.12. The Morgan fingerprint density at radius 3 is 2.05 bits per heavy atom. The Bertz CT molecular complexity index is 1300. The lowest BCUT2D eigenvalue weighted by Gasteiger charge is -2.22. The Kier molecular flexibility index (Phi) is 11.5. The van der Waals surface area contributed by atoms with Crippen LogP contribution in [0.3, 0.4) is 0 Å². The molecule has 5 heterocycles. The third-order valence-electron chi connectivity index (χ3n) is 7.12. The number of aliphatic carboxylic acids is 2. The molecule has 0 bridgehead atoms. The molecule has 0 saturated carbocycles. The average Bonchev–Trinajstić information content (AvgIpc) is 3.41. The van der Waals surface area contributed by atoms with E-state index in [-0.39, 0.29) is 0 Å². The molecule has 10 nitrogen and oxygen atoms in total. The van der Waals surface area contributed by atoms with E-state index in [2.05, 4.69) is 28.4 Å². The van der Waals surface area contributed by atoms with E-state index in [9.17, 15) is 26.3 Å². The Morgan fingerprint density at radius 1 is 0.953 bits per heavy atom. The van der Waals surface area contributed by atoms with E-state index in [1.54, 1.807) is 0 Å². The number of alkyl halides is 6. The Hall–Kier alpha value is -3.69. The number of hydrogen-bond acceptors (Lipinski definition) is 7. The monoisotopic (exact) mass is 620 g/mol. The van der Waals surface area contributed by atoms with Gasteiger partial charge in [0.1, 0.15) is 11.5 Å². The number of aliphatic imine (C=N–C) groups is 1. The van der Waals surface area contributed by atoms with E-state index in [1.807, 2.05) is 11.7 Å². The van der Waals surface area contributed by atoms with E-state index in [0.29, 0.717) is 0 Å². The van der Waals surface area contributed by atoms with Crippen molar-refractivity contribution in [1.82, 2.24) is 20.1 Å². The van der Waals surface area contributed by atoms with Gasteiger partial charge < -0.3 is 20.4 Å². The van der Waals surface area contributed by atoms with Crippen LogP contribution in [-0.2, 0) is 16.6 Å². The minimum atomic E-state index is -5.08. The Labute approximate surface area is 243 Å². The number of carboxylic acids is 2. The molecule has 16 heteroatoms. The summed E-state index contributed by atoms with van der Waals surface area (Å²) in [4.78, 5) is 30.2. The van der Waals surface area contributed by atoms with Crippen molar-refractivity contribution in [1.29, 1.82) is 0 Å². The highest BCUT2D eigenvalue weighted by Crippen LogP contribution is 2.31. The summed E-state index contributed by atoms with van der Waals surface area (Å²) in [7, 11) is 2.00. The predicted molar refractivity (Wildman–Crippen MR) is 147 cm³/mol. The summed E-state index contributed by atoms with van der Waals surface area (Å²) in [5.41, 5.74) is 4.30. The van der Waals surface area contributed by atoms with Crippen molar-refractivity contribution in [3.05, 3.63) is 23.9 Å². The van der Waals surface area contributed by atoms with Gasteiger partial charge in [0.15, 0.2) is 5.65 Å². The third kappa shape index (κ3) is 9.93. The fraction of sp³-hybridized carbons (Fsp3) is 0.593. The predicted octanol–water partition coefficient (Wildman–Crippen LogP) is 5.19. The van der Waals surface area contributed by atoms with Crippen LogP contribution in [0.1, 0.15) is 57.1 Å². The van der Waals surface area contributed by atoms with Gasteiger partial charge in [-0.25, -0.2) is 19.3 Å². The number of pyridine rings is 1. The molecular formula is C27H34F6N6O4. The van der Waals surface area contributed by atoms with Gasteiger partial charge in [-0.15, -0.1) is 0 Å². The second-order valence-corrected chi connectivity index (χ2v) is 10.4. The van der Waals surface area contributed by atoms with Crippen molar-refractivity contribution in [2.45, 2.75) is 63.7 Å². The van der Waals surface area contributed by atoms with Crippen LogP contribution in [0, 0.1) is 5.92 Å². The van der Waals surface area contributed by atoms with E-state index in [0.717, 1.165) is 73.2 Å². The molecule has 0 amide bonds. The molecule has 0 unspecified atom stereocenters. The van der Waals surface area contributed by atoms with Crippen molar-refractivity contribution >= 4 is 40.2 Å². The summed E-state index contributed by atoms with van der Waals surface area (Å²) in [6, 6.07) is 4.38. The number of aromatic nitrogens is 3. The van der Waals surface area contributed by atoms with Gasteiger partial charge in [0.2, 0.25) is 0 Å². The number of fused-ring (bicyclic) bond motifs is 1. The molecule has 2 fully saturated rings. The summed E-state index contributed by atoms with van der Waals surface area (Å²) < 4.78 is 65.4. The van der Waals surface area contributed by atoms with Gasteiger partial charge >= 0.3 is 24.3 Å². The van der Waals surface area contributed by atoms with E-state index in [4.69, 9.17) is 34.9 Å². The largest absolute Gasteiger partial charge is 0.490 e. The van der Waals surface area contributed by atoms with Crippen LogP contribution in [0.4, 0.5) is 32.2 Å². The summed E-state index contributed by atoms with van der Waals surface area (Å²) >= 11 is 0. The lowest BCUT2D eigenvalue weighted by molar-refractivity contribution is -0.193. The molecule has 0 radical (unpaired) electrons. The maximum absolute atomic E-state index is 10.6. The van der Waals surface area contributed by atoms with Gasteiger partial charge in [-0.1, -0.05) is 18.9 Å². The zero-order valence-corrected chi connectivity index (χ0v) is 23.5. The molecule has 0 atom stereocenters. The first kappa shape index (κ1) is 33.8. The van der Waals surface area contributed by atoms with E-state index >= 15 is 0 Å². The normalized spacial score (nSPS) is 18.1. The standard InChI is InChI=1S/C23H32N6.2C2HF3O2/c1-28-23-19(7-9-21(26-23)29-14-4-2-3-5-15-29)22(27-28)20-8-6-18(25-20)16-17-10-12-24-13-11-17;2*3-2(4,5)1(6)7/h7-9,17,24H,2-6,10-16H2,1H3;2*(H,6,7). The van der Waals surface area contributed by atoms with E-state index < -0.39 is 24.3 Å². The highest BCUT2D eigenvalue weighted by Gasteiger charge is 2.38. The second kappa shape index (κ2) is 14.7. The molecule has 2 aromatic heterocycles. The molecule has 238 valence electrons. The number of nitrogens with zero attached hydrogens (tertiary/aromatic N) is 5. The van der Waals surface area contributed by atoms with Crippen LogP contribution in [0.5, 0.6) is 0 Å². The molecule has 2 saturated heterocycles. The van der Waals surface area contributed by atoms with Crippen LogP contribution >= 0.6 is 0 Å². The van der Waals surface area contributed by atoms with Gasteiger partial charge in [0.05, 0.1) is 5.70 Å². The summed E-state index contributed by atoms with van der Waals surface area (Å²) in [5.74, 6) is -3.65. The molecule has 5 rings (SSSR count). The van der Waals surface area contributed by atoms with Gasteiger partial charge in [-0.05, 0) is 63.2 Å². The second-order valence-electron chi connectivity index (χ2n) is 10.4. The van der Waals surface area contributed by atoms with Crippen LogP contribution in [0.15, 0.2) is 23.2 Å². The molecule has 43 heavy (non-hydrogen) atoms. The van der Waals surface area contributed by atoms with Crippen molar-refractivity contribution in [2.24, 2.45) is 18.0 Å². The van der Waals surface area contributed by atoms with Crippen LogP contribution in [0.2, 0.25) is 0 Å². The van der Waals surface area contributed by atoms with Crippen molar-refractivity contribution in [2.75, 3.05) is 31.1 Å². The number of carboxylic acid groups (broad SMARTS) is 2. The highest BCUT2D eigenvalue weighted by molar-refractivity contribution is 5.99. The fourth-order valence-corrected chi connectivity index (χ4v) is 4.96. The topological polar surface area (TPSA) is 133 Å². The fourth-order valence-electron chi connectivity index (χ4n) is 4.96. The number of allylic oxidation sites excluding steroid dienone is 1. The molecule has 3 aliphatic heterocycles. The molecule has 3 aliphatic rings. The molecular weight excluding hydrogens is 586 g/mol. The van der Waals surface area contributed by atoms with Gasteiger partial charge in [0, 0.05) is 37.7 Å². The Morgan fingerprint density at radius 2 is 1.51 bits per heavy atom. The summed E-state index contributed by atoms with van der Waals surface area (Å²) in [5, 5.41) is 23.6. The number of aryl methyl sites for hydroxylation is 1. The maximum Gasteiger partial charge on any atom is 0.490 e. The molecule has 0 spiro atoms. The van der Waals surface area contributed by atoms with Gasteiger partial charge in [-0.2, -0.15) is 31.4 Å². The molecule has 2 aromatic rings. The highest BCUT2D eigenvalue weighted by atomic mass is 19.4. The van der Waals surface area contributed by atoms with Crippen LogP contribution in [0.25, 0.3) is 16.7 Å². The zero-order valence-electron chi connectivity index (χ0n) is 23.5. The first-order valence-electron chi connectivity index (χ1n) is 13.8. The van der Waals surface area contributed by atoms with Crippen molar-refractivity contribution < 1.29 is 46.1 Å². The van der Waals surface area contributed by atoms with Gasteiger partial charge in [0.25, 0.3) is 0 Å². The number of rotatable bonds is 4.